The zero-order valence-electron chi connectivity index (χ0n) is 14.9. The van der Waals surface area contributed by atoms with Crippen molar-refractivity contribution in [1.29, 1.82) is 0 Å². The molecule has 1 aliphatic heterocycles. The Bertz CT molecular complexity index is 882. The zero-order valence-corrected chi connectivity index (χ0v) is 16.6. The van der Waals surface area contributed by atoms with Gasteiger partial charge in [0.15, 0.2) is 5.16 Å². The number of nitrogens with one attached hydrogen (secondary N) is 1. The molecule has 0 bridgehead atoms. The number of carbonyl (C=O) groups excluding carboxylic acids is 1. The van der Waals surface area contributed by atoms with Crippen molar-refractivity contribution in [3.63, 3.8) is 0 Å². The van der Waals surface area contributed by atoms with Gasteiger partial charge in [0.05, 0.1) is 23.5 Å². The van der Waals surface area contributed by atoms with E-state index < -0.39 is 0 Å². The summed E-state index contributed by atoms with van der Waals surface area (Å²) in [5, 5.41) is 3.81. The van der Waals surface area contributed by atoms with Crippen LogP contribution in [-0.2, 0) is 17.8 Å². The standard InChI is InChI=1S/C18H21N3O3S2/c1-4-21-17(23)16-14(8-11(2)26-16)20-18(21)25-10-15(22)19-12-6-5-7-13(9-12)24-3/h5-7,9,11H,4,8,10H2,1-3H3,(H,19,22)/t11-/m1/s1. The van der Waals surface area contributed by atoms with Gasteiger partial charge in [-0.25, -0.2) is 4.98 Å². The summed E-state index contributed by atoms with van der Waals surface area (Å²) in [6.07, 6.45) is 0.795. The summed E-state index contributed by atoms with van der Waals surface area (Å²) in [6.45, 7) is 4.54. The Morgan fingerprint density at radius 1 is 1.50 bits per heavy atom. The second-order valence-electron chi connectivity index (χ2n) is 5.92. The first-order chi connectivity index (χ1) is 12.5. The Morgan fingerprint density at radius 2 is 2.31 bits per heavy atom. The molecule has 26 heavy (non-hydrogen) atoms. The minimum Gasteiger partial charge on any atom is -0.497 e. The van der Waals surface area contributed by atoms with Crippen LogP contribution in [0, 0.1) is 0 Å². The van der Waals surface area contributed by atoms with E-state index in [1.165, 1.54) is 11.8 Å². The molecule has 0 radical (unpaired) electrons. The molecule has 1 aromatic carbocycles. The highest BCUT2D eigenvalue weighted by Gasteiger charge is 2.26. The molecule has 0 unspecified atom stereocenters. The third kappa shape index (κ3) is 4.07. The van der Waals surface area contributed by atoms with Crippen LogP contribution in [0.25, 0.3) is 0 Å². The topological polar surface area (TPSA) is 73.2 Å². The van der Waals surface area contributed by atoms with Crippen molar-refractivity contribution >= 4 is 35.1 Å². The molecule has 0 saturated heterocycles. The molecule has 1 atom stereocenters. The lowest BCUT2D eigenvalue weighted by Gasteiger charge is -2.12. The fourth-order valence-electron chi connectivity index (χ4n) is 2.75. The summed E-state index contributed by atoms with van der Waals surface area (Å²) >= 11 is 2.88. The predicted molar refractivity (Wildman–Crippen MR) is 106 cm³/mol. The van der Waals surface area contributed by atoms with E-state index in [1.807, 2.05) is 19.1 Å². The smallest absolute Gasteiger partial charge is 0.268 e. The van der Waals surface area contributed by atoms with E-state index in [9.17, 15) is 9.59 Å². The van der Waals surface area contributed by atoms with Crippen LogP contribution < -0.4 is 15.6 Å². The van der Waals surface area contributed by atoms with Crippen molar-refractivity contribution in [3.8, 4) is 5.75 Å². The van der Waals surface area contributed by atoms with Crippen molar-refractivity contribution in [3.05, 3.63) is 40.3 Å². The molecule has 3 rings (SSSR count). The first kappa shape index (κ1) is 18.8. The van der Waals surface area contributed by atoms with Gasteiger partial charge in [-0.3, -0.25) is 14.2 Å². The van der Waals surface area contributed by atoms with Crippen LogP contribution >= 0.6 is 23.5 Å². The number of anilines is 1. The molecule has 138 valence electrons. The number of hydrogen-bond donors (Lipinski definition) is 1. The highest BCUT2D eigenvalue weighted by molar-refractivity contribution is 8.00. The molecule has 6 nitrogen and oxygen atoms in total. The number of thioether (sulfide) groups is 2. The lowest BCUT2D eigenvalue weighted by Crippen LogP contribution is -2.25. The van der Waals surface area contributed by atoms with Crippen molar-refractivity contribution in [2.45, 2.75) is 42.1 Å². The molecule has 8 heteroatoms. The van der Waals surface area contributed by atoms with Crippen LogP contribution in [0.15, 0.2) is 39.1 Å². The summed E-state index contributed by atoms with van der Waals surface area (Å²) in [5.74, 6) is 0.719. The molecular formula is C18H21N3O3S2. The number of carbonyl (C=O) groups is 1. The Balaban J connectivity index is 1.71. The Kier molecular flexibility index (Phi) is 5.93. The summed E-state index contributed by atoms with van der Waals surface area (Å²) in [4.78, 5) is 30.3. The maximum absolute atomic E-state index is 12.6. The van der Waals surface area contributed by atoms with Crippen molar-refractivity contribution < 1.29 is 9.53 Å². The van der Waals surface area contributed by atoms with Crippen LogP contribution in [0.1, 0.15) is 19.5 Å². The Morgan fingerprint density at radius 3 is 3.04 bits per heavy atom. The van der Waals surface area contributed by atoms with Gasteiger partial charge < -0.3 is 10.1 Å². The Labute approximate surface area is 160 Å². The van der Waals surface area contributed by atoms with Gasteiger partial charge >= 0.3 is 0 Å². The van der Waals surface area contributed by atoms with Gasteiger partial charge in [0, 0.05) is 30.0 Å². The molecule has 1 aliphatic rings. The van der Waals surface area contributed by atoms with Gasteiger partial charge in [-0.2, -0.15) is 0 Å². The highest BCUT2D eigenvalue weighted by Crippen LogP contribution is 2.34. The summed E-state index contributed by atoms with van der Waals surface area (Å²) in [6, 6.07) is 7.20. The largest absolute Gasteiger partial charge is 0.497 e. The minimum absolute atomic E-state index is 0.00236. The second-order valence-corrected chi connectivity index (χ2v) is 8.31. The van der Waals surface area contributed by atoms with E-state index in [2.05, 4.69) is 17.2 Å². The fourth-order valence-corrected chi connectivity index (χ4v) is 4.74. The maximum atomic E-state index is 12.6. The molecular weight excluding hydrogens is 370 g/mol. The third-order valence-corrected chi connectivity index (χ3v) is 6.16. The van der Waals surface area contributed by atoms with Crippen LogP contribution in [0.2, 0.25) is 0 Å². The molecule has 1 aromatic heterocycles. The average Bonchev–Trinajstić information content (AvgIpc) is 3.01. The number of methoxy groups -OCH3 is 1. The molecule has 2 heterocycles. The molecule has 0 saturated carbocycles. The fraction of sp³-hybridized carbons (Fsp3) is 0.389. The van der Waals surface area contributed by atoms with Crippen LogP contribution in [0.3, 0.4) is 0 Å². The molecule has 2 aromatic rings. The quantitative estimate of drug-likeness (QED) is 0.603. The first-order valence-electron chi connectivity index (χ1n) is 8.39. The molecule has 0 fully saturated rings. The monoisotopic (exact) mass is 391 g/mol. The first-order valence-corrected chi connectivity index (χ1v) is 10.3. The van der Waals surface area contributed by atoms with Crippen LogP contribution in [0.5, 0.6) is 5.75 Å². The lowest BCUT2D eigenvalue weighted by molar-refractivity contribution is -0.113. The average molecular weight is 392 g/mol. The Hall–Kier alpha value is -1.93. The highest BCUT2D eigenvalue weighted by atomic mass is 32.2. The van der Waals surface area contributed by atoms with Crippen molar-refractivity contribution in [2.75, 3.05) is 18.2 Å². The van der Waals surface area contributed by atoms with E-state index in [-0.39, 0.29) is 17.2 Å². The predicted octanol–water partition coefficient (Wildman–Crippen LogP) is 3.04. The van der Waals surface area contributed by atoms with E-state index in [1.54, 1.807) is 35.6 Å². The second kappa shape index (κ2) is 8.18. The van der Waals surface area contributed by atoms with Crippen molar-refractivity contribution in [1.82, 2.24) is 9.55 Å². The number of rotatable bonds is 6. The maximum Gasteiger partial charge on any atom is 0.268 e. The summed E-state index contributed by atoms with van der Waals surface area (Å²) in [7, 11) is 1.58. The number of fused-ring (bicyclic) bond motifs is 1. The third-order valence-electron chi connectivity index (χ3n) is 3.96. The van der Waals surface area contributed by atoms with Gasteiger partial charge in [-0.1, -0.05) is 24.8 Å². The van der Waals surface area contributed by atoms with Gasteiger partial charge in [0.1, 0.15) is 5.75 Å². The molecule has 1 amide bonds. The molecule has 1 N–H and O–H groups in total. The number of hydrogen-bond acceptors (Lipinski definition) is 6. The van der Waals surface area contributed by atoms with Gasteiger partial charge in [-0.05, 0) is 19.1 Å². The van der Waals surface area contributed by atoms with E-state index in [4.69, 9.17) is 4.74 Å². The van der Waals surface area contributed by atoms with E-state index in [0.29, 0.717) is 28.4 Å². The van der Waals surface area contributed by atoms with Gasteiger partial charge in [-0.15, -0.1) is 11.8 Å². The number of benzene rings is 1. The van der Waals surface area contributed by atoms with E-state index >= 15 is 0 Å². The summed E-state index contributed by atoms with van der Waals surface area (Å²) in [5.41, 5.74) is 1.53. The van der Waals surface area contributed by atoms with Crippen LogP contribution in [0.4, 0.5) is 5.69 Å². The van der Waals surface area contributed by atoms with Crippen molar-refractivity contribution in [2.24, 2.45) is 0 Å². The van der Waals surface area contributed by atoms with E-state index in [0.717, 1.165) is 17.0 Å². The van der Waals surface area contributed by atoms with Crippen LogP contribution in [-0.4, -0.2) is 33.6 Å². The summed E-state index contributed by atoms with van der Waals surface area (Å²) < 4.78 is 6.80. The zero-order chi connectivity index (χ0) is 18.7. The molecule has 0 spiro atoms. The lowest BCUT2D eigenvalue weighted by atomic mass is 10.2. The normalized spacial score (nSPS) is 15.6. The molecule has 0 aliphatic carbocycles. The van der Waals surface area contributed by atoms with Gasteiger partial charge in [0.2, 0.25) is 5.91 Å². The van der Waals surface area contributed by atoms with Gasteiger partial charge in [0.25, 0.3) is 5.56 Å². The number of aromatic nitrogens is 2. The number of amides is 1. The minimum atomic E-state index is -0.150. The SMILES string of the molecule is CCn1c(SCC(=O)Nc2cccc(OC)c2)nc2c(c1=O)S[C@H](C)C2. The number of nitrogens with zero attached hydrogens (tertiary/aromatic N) is 2. The number of ether oxygens (including phenoxy) is 1.